The number of nitrogens with zero attached hydrogens (tertiary/aromatic N) is 2. The van der Waals surface area contributed by atoms with Gasteiger partial charge in [-0.2, -0.15) is 0 Å². The van der Waals surface area contributed by atoms with Gasteiger partial charge in [0.25, 0.3) is 0 Å². The fraction of sp³-hybridized carbons (Fsp3) is 0.273. The van der Waals surface area contributed by atoms with Crippen LogP contribution in [0.2, 0.25) is 15.1 Å². The Kier molecular flexibility index (Phi) is 5.26. The molecule has 0 aliphatic carbocycles. The van der Waals surface area contributed by atoms with E-state index in [1.165, 1.54) is 22.2 Å². The lowest BCUT2D eigenvalue weighted by Gasteiger charge is -2.13. The molecule has 5 heteroatoms. The molecule has 1 aromatic heterocycles. The van der Waals surface area contributed by atoms with Crippen LogP contribution in [0.15, 0.2) is 36.4 Å². The van der Waals surface area contributed by atoms with Gasteiger partial charge >= 0.3 is 0 Å². The zero-order valence-corrected chi connectivity index (χ0v) is 17.7. The van der Waals surface area contributed by atoms with Crippen molar-refractivity contribution < 1.29 is 0 Å². The van der Waals surface area contributed by atoms with Gasteiger partial charge in [0.2, 0.25) is 0 Å². The van der Waals surface area contributed by atoms with E-state index in [0.717, 1.165) is 42.1 Å². The van der Waals surface area contributed by atoms with Crippen molar-refractivity contribution in [2.45, 2.75) is 19.8 Å². The summed E-state index contributed by atoms with van der Waals surface area (Å²) >= 11 is 18.8. The van der Waals surface area contributed by atoms with Gasteiger partial charge in [-0.1, -0.05) is 40.9 Å². The highest BCUT2D eigenvalue weighted by Crippen LogP contribution is 2.34. The summed E-state index contributed by atoms with van der Waals surface area (Å²) in [4.78, 5) is 2.38. The Morgan fingerprint density at radius 1 is 0.963 bits per heavy atom. The van der Waals surface area contributed by atoms with E-state index in [-0.39, 0.29) is 0 Å². The molecule has 0 atom stereocenters. The first-order valence-electron chi connectivity index (χ1n) is 9.07. The molecule has 27 heavy (non-hydrogen) atoms. The van der Waals surface area contributed by atoms with Crippen molar-refractivity contribution in [1.29, 1.82) is 0 Å². The van der Waals surface area contributed by atoms with Crippen molar-refractivity contribution in [1.82, 2.24) is 9.47 Å². The van der Waals surface area contributed by atoms with Crippen molar-refractivity contribution in [3.05, 3.63) is 68.3 Å². The number of halogens is 3. The lowest BCUT2D eigenvalue weighted by Crippen LogP contribution is -2.21. The minimum absolute atomic E-state index is 0.648. The van der Waals surface area contributed by atoms with Crippen LogP contribution in [0.5, 0.6) is 0 Å². The summed E-state index contributed by atoms with van der Waals surface area (Å²) in [5, 5.41) is 3.34. The first-order chi connectivity index (χ1) is 12.9. The Hall–Kier alpha value is -1.45. The second-order valence-electron chi connectivity index (χ2n) is 7.20. The van der Waals surface area contributed by atoms with Gasteiger partial charge in [-0.05, 0) is 67.4 Å². The largest absolute Gasteiger partial charge is 0.320 e. The average molecular weight is 420 g/mol. The summed E-state index contributed by atoms with van der Waals surface area (Å²) in [6, 6.07) is 11.8. The third-order valence-electron chi connectivity index (χ3n) is 5.33. The molecule has 3 aromatic rings. The quantitative estimate of drug-likeness (QED) is 0.451. The van der Waals surface area contributed by atoms with Gasteiger partial charge in [-0.3, -0.25) is 0 Å². The van der Waals surface area contributed by atoms with Crippen LogP contribution in [0.25, 0.3) is 22.7 Å². The number of allylic oxidation sites excluding steroid dienone is 1. The summed E-state index contributed by atoms with van der Waals surface area (Å²) in [6.07, 6.45) is 4.23. The van der Waals surface area contributed by atoms with E-state index in [9.17, 15) is 0 Å². The first kappa shape index (κ1) is 18.9. The monoisotopic (exact) mass is 418 g/mol. The zero-order valence-electron chi connectivity index (χ0n) is 15.4. The Labute approximate surface area is 174 Å². The molecule has 0 saturated carbocycles. The number of benzene rings is 2. The second kappa shape index (κ2) is 7.52. The predicted molar refractivity (Wildman–Crippen MR) is 118 cm³/mol. The predicted octanol–water partition coefficient (Wildman–Crippen LogP) is 6.65. The van der Waals surface area contributed by atoms with Gasteiger partial charge in [0, 0.05) is 51.9 Å². The molecular formula is C22H21Cl3N2. The van der Waals surface area contributed by atoms with E-state index >= 15 is 0 Å². The van der Waals surface area contributed by atoms with Gasteiger partial charge in [0.05, 0.1) is 5.52 Å². The fourth-order valence-electron chi connectivity index (χ4n) is 3.89. The molecule has 0 bridgehead atoms. The van der Waals surface area contributed by atoms with Crippen molar-refractivity contribution in [3.63, 3.8) is 0 Å². The SMILES string of the molecule is C/C(=C\n1c2c(c3cc(Cl)ccc31)CCN(C)CC2)c1ccc(Cl)cc1Cl. The van der Waals surface area contributed by atoms with Crippen molar-refractivity contribution in [2.75, 3.05) is 20.1 Å². The van der Waals surface area contributed by atoms with E-state index in [4.69, 9.17) is 34.8 Å². The maximum Gasteiger partial charge on any atom is 0.0529 e. The van der Waals surface area contributed by atoms with Crippen molar-refractivity contribution in [3.8, 4) is 0 Å². The van der Waals surface area contributed by atoms with E-state index in [0.29, 0.717) is 10.0 Å². The van der Waals surface area contributed by atoms with E-state index in [2.05, 4.69) is 41.8 Å². The normalized spacial score (nSPS) is 15.8. The van der Waals surface area contributed by atoms with Crippen LogP contribution in [-0.2, 0) is 12.8 Å². The Morgan fingerprint density at radius 3 is 2.44 bits per heavy atom. The molecule has 1 aliphatic rings. The summed E-state index contributed by atoms with van der Waals surface area (Å²) in [5.74, 6) is 0. The van der Waals surface area contributed by atoms with Gasteiger partial charge in [0.1, 0.15) is 0 Å². The van der Waals surface area contributed by atoms with Crippen LogP contribution in [0.4, 0.5) is 0 Å². The van der Waals surface area contributed by atoms with E-state index < -0.39 is 0 Å². The molecule has 0 amide bonds. The maximum absolute atomic E-state index is 6.43. The zero-order chi connectivity index (χ0) is 19.1. The first-order valence-corrected chi connectivity index (χ1v) is 10.2. The second-order valence-corrected chi connectivity index (χ2v) is 8.48. The van der Waals surface area contributed by atoms with E-state index in [1.807, 2.05) is 18.2 Å². The molecule has 2 nitrogen and oxygen atoms in total. The Balaban J connectivity index is 1.90. The minimum atomic E-state index is 0.648. The molecule has 0 N–H and O–H groups in total. The number of hydrogen-bond donors (Lipinski definition) is 0. The molecule has 2 heterocycles. The van der Waals surface area contributed by atoms with Gasteiger partial charge in [-0.25, -0.2) is 0 Å². The fourth-order valence-corrected chi connectivity index (χ4v) is 4.62. The summed E-state index contributed by atoms with van der Waals surface area (Å²) in [6.45, 7) is 4.20. The van der Waals surface area contributed by atoms with E-state index in [1.54, 1.807) is 6.07 Å². The highest BCUT2D eigenvalue weighted by Gasteiger charge is 2.20. The lowest BCUT2D eigenvalue weighted by molar-refractivity contribution is 0.351. The highest BCUT2D eigenvalue weighted by molar-refractivity contribution is 6.35. The maximum atomic E-state index is 6.43. The van der Waals surface area contributed by atoms with Gasteiger partial charge < -0.3 is 9.47 Å². The topological polar surface area (TPSA) is 8.17 Å². The Morgan fingerprint density at radius 2 is 1.67 bits per heavy atom. The summed E-state index contributed by atoms with van der Waals surface area (Å²) < 4.78 is 2.32. The molecule has 1 aliphatic heterocycles. The number of fused-ring (bicyclic) bond motifs is 3. The van der Waals surface area contributed by atoms with Crippen LogP contribution in [0.3, 0.4) is 0 Å². The summed E-state index contributed by atoms with van der Waals surface area (Å²) in [7, 11) is 2.18. The van der Waals surface area contributed by atoms with Crippen molar-refractivity contribution >= 4 is 57.5 Å². The number of hydrogen-bond acceptors (Lipinski definition) is 1. The number of rotatable bonds is 2. The molecule has 0 fully saturated rings. The molecule has 0 radical (unpaired) electrons. The third-order valence-corrected chi connectivity index (χ3v) is 6.12. The number of likely N-dealkylation sites (N-methyl/N-ethyl adjacent to an activating group) is 1. The minimum Gasteiger partial charge on any atom is -0.320 e. The molecular weight excluding hydrogens is 399 g/mol. The number of aromatic nitrogens is 1. The molecule has 140 valence electrons. The molecule has 0 saturated heterocycles. The highest BCUT2D eigenvalue weighted by atomic mass is 35.5. The molecule has 2 aromatic carbocycles. The molecule has 0 spiro atoms. The van der Waals surface area contributed by atoms with Gasteiger partial charge in [-0.15, -0.1) is 0 Å². The van der Waals surface area contributed by atoms with Gasteiger partial charge in [0.15, 0.2) is 0 Å². The smallest absolute Gasteiger partial charge is 0.0529 e. The lowest BCUT2D eigenvalue weighted by atomic mass is 10.1. The Bertz CT molecular complexity index is 1050. The summed E-state index contributed by atoms with van der Waals surface area (Å²) in [5.41, 5.74) is 6.06. The van der Waals surface area contributed by atoms with Crippen LogP contribution in [0, 0.1) is 0 Å². The molecule has 4 rings (SSSR count). The molecule has 0 unspecified atom stereocenters. The van der Waals surface area contributed by atoms with Crippen LogP contribution in [0.1, 0.15) is 23.7 Å². The van der Waals surface area contributed by atoms with Crippen LogP contribution in [-0.4, -0.2) is 29.6 Å². The van der Waals surface area contributed by atoms with Crippen LogP contribution >= 0.6 is 34.8 Å². The van der Waals surface area contributed by atoms with Crippen LogP contribution < -0.4 is 0 Å². The third kappa shape index (κ3) is 3.64. The van der Waals surface area contributed by atoms with Crippen molar-refractivity contribution in [2.24, 2.45) is 0 Å². The average Bonchev–Trinajstić information content (AvgIpc) is 2.75. The standard InChI is InChI=1S/C22H21Cl3N2/c1-14(17-5-3-16(24)12-20(17)25)13-27-21-6-4-15(23)11-19(21)18-7-9-26(2)10-8-22(18)27/h3-6,11-13H,7-10H2,1-2H3/b14-13+.